The van der Waals surface area contributed by atoms with Gasteiger partial charge in [-0.2, -0.15) is 0 Å². The van der Waals surface area contributed by atoms with Crippen molar-refractivity contribution in [1.82, 2.24) is 9.97 Å². The van der Waals surface area contributed by atoms with Crippen LogP contribution in [0.2, 0.25) is 0 Å². The van der Waals surface area contributed by atoms with Gasteiger partial charge in [0.15, 0.2) is 11.6 Å². The van der Waals surface area contributed by atoms with E-state index in [1.54, 1.807) is 0 Å². The highest BCUT2D eigenvalue weighted by Crippen LogP contribution is 2.47. The number of fused-ring (bicyclic) bond motifs is 7. The average molecular weight is 469 g/mol. The summed E-state index contributed by atoms with van der Waals surface area (Å²) in [7, 11) is 0. The quantitative estimate of drug-likeness (QED) is 0.250. The highest BCUT2D eigenvalue weighted by Gasteiger charge is 2.41. The highest BCUT2D eigenvalue weighted by atomic mass is 16.5. The minimum Gasteiger partial charge on any atom is -0.340 e. The smallest absolute Gasteiger partial charge is 0.221 e. The first-order valence-electron chi connectivity index (χ1n) is 12.3. The van der Waals surface area contributed by atoms with Crippen LogP contribution in [-0.2, 0) is 4.74 Å². The lowest BCUT2D eigenvalue weighted by atomic mass is 9.99. The molecule has 174 valence electrons. The monoisotopic (exact) mass is 468 g/mol. The molecule has 0 atom stereocenters. The van der Waals surface area contributed by atoms with Crippen molar-refractivity contribution >= 4 is 55.6 Å². The van der Waals surface area contributed by atoms with E-state index in [0.29, 0.717) is 6.61 Å². The third-order valence-electron chi connectivity index (χ3n) is 6.80. The average Bonchev–Trinajstić information content (AvgIpc) is 3.26. The van der Waals surface area contributed by atoms with Gasteiger partial charge in [-0.15, -0.1) is 0 Å². The van der Waals surface area contributed by atoms with E-state index in [1.807, 2.05) is 43.3 Å². The second kappa shape index (κ2) is 8.33. The Hall–Kier alpha value is -4.48. The third kappa shape index (κ3) is 3.06. The number of nitrogens with zero attached hydrogens (tertiary/aromatic N) is 4. The number of aromatic nitrogens is 2. The summed E-state index contributed by atoms with van der Waals surface area (Å²) in [6.07, 6.45) is -0.413. The molecule has 36 heavy (non-hydrogen) atoms. The fraction of sp³-hybridized carbons (Fsp3) is 0.0968. The zero-order valence-corrected chi connectivity index (χ0v) is 19.9. The van der Waals surface area contributed by atoms with Crippen LogP contribution < -0.4 is 9.80 Å². The Morgan fingerprint density at radius 3 is 1.36 bits per heavy atom. The molecule has 0 N–H and O–H groups in total. The van der Waals surface area contributed by atoms with Gasteiger partial charge in [0, 0.05) is 28.8 Å². The minimum absolute atomic E-state index is 0.413. The summed E-state index contributed by atoms with van der Waals surface area (Å²) < 4.78 is 6.39. The molecular formula is C31H24N4O. The second-order valence-corrected chi connectivity index (χ2v) is 8.85. The topological polar surface area (TPSA) is 41.5 Å². The van der Waals surface area contributed by atoms with Crippen LogP contribution in [0.4, 0.5) is 23.0 Å². The Morgan fingerprint density at radius 1 is 0.556 bits per heavy atom. The molecule has 0 radical (unpaired) electrons. The molecule has 1 aliphatic heterocycles. The summed E-state index contributed by atoms with van der Waals surface area (Å²) in [4.78, 5) is 15.0. The summed E-state index contributed by atoms with van der Waals surface area (Å²) in [6.45, 7) is 2.57. The van der Waals surface area contributed by atoms with E-state index in [1.165, 1.54) is 10.8 Å². The molecule has 0 aliphatic carbocycles. The summed E-state index contributed by atoms with van der Waals surface area (Å²) in [5.41, 5.74) is 3.81. The van der Waals surface area contributed by atoms with Gasteiger partial charge in [-0.05, 0) is 42.0 Å². The molecule has 1 aromatic heterocycles. The van der Waals surface area contributed by atoms with Crippen LogP contribution in [0.25, 0.3) is 32.6 Å². The number of rotatable bonds is 4. The van der Waals surface area contributed by atoms with Crippen LogP contribution in [0.5, 0.6) is 0 Å². The normalized spacial score (nSPS) is 13.7. The van der Waals surface area contributed by atoms with Gasteiger partial charge in [-0.1, -0.05) is 84.9 Å². The third-order valence-corrected chi connectivity index (χ3v) is 6.80. The van der Waals surface area contributed by atoms with Crippen LogP contribution >= 0.6 is 0 Å². The Kier molecular flexibility index (Phi) is 4.82. The summed E-state index contributed by atoms with van der Waals surface area (Å²) in [5.74, 6) is 1.58. The van der Waals surface area contributed by atoms with Gasteiger partial charge in [-0.25, -0.2) is 9.97 Å². The Morgan fingerprint density at radius 2 is 0.944 bits per heavy atom. The van der Waals surface area contributed by atoms with E-state index in [4.69, 9.17) is 14.7 Å². The number of ether oxygens (including phenoxy) is 1. The SMILES string of the molecule is CCOC1N(c2ccccc2)c2nc3c4ccccc4c4ccccc4c3nc2N1c1ccccc1. The van der Waals surface area contributed by atoms with Crippen LogP contribution in [0.3, 0.4) is 0 Å². The van der Waals surface area contributed by atoms with E-state index in [2.05, 4.69) is 82.6 Å². The van der Waals surface area contributed by atoms with E-state index in [-0.39, 0.29) is 0 Å². The largest absolute Gasteiger partial charge is 0.340 e. The molecule has 2 heterocycles. The number of hydrogen-bond acceptors (Lipinski definition) is 5. The van der Waals surface area contributed by atoms with Crippen molar-refractivity contribution in [3.05, 3.63) is 109 Å². The molecule has 5 heteroatoms. The van der Waals surface area contributed by atoms with Gasteiger partial charge in [0.25, 0.3) is 0 Å². The van der Waals surface area contributed by atoms with E-state index < -0.39 is 6.35 Å². The molecule has 1 aliphatic rings. The maximum absolute atomic E-state index is 6.39. The number of anilines is 4. The van der Waals surface area contributed by atoms with E-state index >= 15 is 0 Å². The summed E-state index contributed by atoms with van der Waals surface area (Å²) in [5, 5.41) is 4.56. The van der Waals surface area contributed by atoms with Gasteiger partial charge < -0.3 is 4.74 Å². The predicted molar refractivity (Wildman–Crippen MR) is 147 cm³/mol. The molecule has 5 nitrogen and oxygen atoms in total. The lowest BCUT2D eigenvalue weighted by Gasteiger charge is -2.31. The van der Waals surface area contributed by atoms with Crippen LogP contribution in [-0.4, -0.2) is 22.9 Å². The van der Waals surface area contributed by atoms with Crippen molar-refractivity contribution in [2.75, 3.05) is 16.4 Å². The van der Waals surface area contributed by atoms with Gasteiger partial charge in [0.2, 0.25) is 6.35 Å². The fourth-order valence-electron chi connectivity index (χ4n) is 5.27. The highest BCUT2D eigenvalue weighted by molar-refractivity contribution is 6.23. The number of para-hydroxylation sites is 2. The molecule has 0 spiro atoms. The second-order valence-electron chi connectivity index (χ2n) is 8.85. The van der Waals surface area contributed by atoms with Crippen molar-refractivity contribution in [1.29, 1.82) is 0 Å². The number of benzene rings is 5. The van der Waals surface area contributed by atoms with E-state index in [0.717, 1.165) is 44.8 Å². The van der Waals surface area contributed by atoms with Crippen molar-refractivity contribution in [3.63, 3.8) is 0 Å². The van der Waals surface area contributed by atoms with Crippen molar-refractivity contribution in [2.45, 2.75) is 13.3 Å². The summed E-state index contributed by atoms with van der Waals surface area (Å²) >= 11 is 0. The maximum Gasteiger partial charge on any atom is 0.221 e. The van der Waals surface area contributed by atoms with Gasteiger partial charge >= 0.3 is 0 Å². The van der Waals surface area contributed by atoms with Crippen LogP contribution in [0, 0.1) is 0 Å². The molecule has 6 aromatic rings. The first-order valence-corrected chi connectivity index (χ1v) is 12.3. The Bertz CT molecular complexity index is 1590. The zero-order valence-electron chi connectivity index (χ0n) is 19.9. The van der Waals surface area contributed by atoms with Crippen molar-refractivity contribution in [3.8, 4) is 0 Å². The van der Waals surface area contributed by atoms with Crippen molar-refractivity contribution in [2.24, 2.45) is 0 Å². The van der Waals surface area contributed by atoms with Crippen LogP contribution in [0.1, 0.15) is 6.92 Å². The first-order chi connectivity index (χ1) is 17.8. The fourth-order valence-corrected chi connectivity index (χ4v) is 5.27. The number of hydrogen-bond donors (Lipinski definition) is 0. The van der Waals surface area contributed by atoms with E-state index in [9.17, 15) is 0 Å². The molecule has 0 saturated heterocycles. The molecule has 0 saturated carbocycles. The molecule has 0 unspecified atom stereocenters. The molecular weight excluding hydrogens is 444 g/mol. The van der Waals surface area contributed by atoms with Gasteiger partial charge in [-0.3, -0.25) is 9.80 Å². The molecule has 5 aromatic carbocycles. The Labute approximate surface area is 209 Å². The molecule has 7 rings (SSSR count). The standard InChI is InChI=1S/C31H24N4O/c1-2-36-31-34(21-13-5-3-6-14-21)29-30(35(31)22-15-7-4-8-16-22)33-28-26-20-12-10-18-24(26)23-17-9-11-19-25(23)27(28)32-29/h3-20,31H,2H2,1H3. The van der Waals surface area contributed by atoms with Crippen LogP contribution in [0.15, 0.2) is 109 Å². The molecule has 0 fully saturated rings. The predicted octanol–water partition coefficient (Wildman–Crippen LogP) is 7.55. The lowest BCUT2D eigenvalue weighted by molar-refractivity contribution is 0.0767. The van der Waals surface area contributed by atoms with Gasteiger partial charge in [0.1, 0.15) is 0 Å². The lowest BCUT2D eigenvalue weighted by Crippen LogP contribution is -2.40. The Balaban J connectivity index is 1.61. The van der Waals surface area contributed by atoms with Gasteiger partial charge in [0.05, 0.1) is 11.0 Å². The first kappa shape index (κ1) is 20.9. The molecule has 0 bridgehead atoms. The molecule has 0 amide bonds. The minimum atomic E-state index is -0.413. The zero-order chi connectivity index (χ0) is 24.1. The summed E-state index contributed by atoms with van der Waals surface area (Å²) in [6, 6.07) is 37.5. The van der Waals surface area contributed by atoms with Crippen molar-refractivity contribution < 1.29 is 4.74 Å². The maximum atomic E-state index is 6.39.